The molecular weight excluding hydrogens is 597 g/mol. The third kappa shape index (κ3) is 5.20. The Kier molecular flexibility index (Phi) is 7.17. The van der Waals surface area contributed by atoms with E-state index in [0.29, 0.717) is 0 Å². The highest BCUT2D eigenvalue weighted by molar-refractivity contribution is 6.17. The number of hydrogen-bond acceptors (Lipinski definition) is 3. The van der Waals surface area contributed by atoms with E-state index in [0.717, 1.165) is 56.2 Å². The zero-order valence-electron chi connectivity index (χ0n) is 26.7. The van der Waals surface area contributed by atoms with Gasteiger partial charge in [0.15, 0.2) is 6.17 Å². The maximum Gasteiger partial charge on any atom is 0.171 e. The molecule has 0 unspecified atom stereocenters. The summed E-state index contributed by atoms with van der Waals surface area (Å²) in [5.41, 5.74) is 11.1. The van der Waals surface area contributed by atoms with E-state index >= 15 is 0 Å². The fourth-order valence-corrected chi connectivity index (χ4v) is 6.98. The number of nitrogens with one attached hydrogen (secondary N) is 1. The molecule has 4 nitrogen and oxygen atoms in total. The number of hydrogen-bond donors (Lipinski definition) is 1. The quantitative estimate of drug-likeness (QED) is 0.196. The van der Waals surface area contributed by atoms with Gasteiger partial charge in [0, 0.05) is 27.5 Å². The van der Waals surface area contributed by atoms with Crippen molar-refractivity contribution in [2.45, 2.75) is 6.17 Å². The number of aromatic nitrogens is 1. The molecule has 0 radical (unpaired) electrons. The summed E-state index contributed by atoms with van der Waals surface area (Å²) in [5.74, 6) is 1.59. The third-order valence-corrected chi connectivity index (χ3v) is 9.27. The smallest absolute Gasteiger partial charge is 0.171 e. The summed E-state index contributed by atoms with van der Waals surface area (Å²) in [6, 6.07) is 64.0. The molecule has 0 atom stereocenters. The topological polar surface area (TPSA) is 41.7 Å². The first-order valence-electron chi connectivity index (χ1n) is 16.6. The molecule has 0 saturated carbocycles. The molecule has 1 aromatic heterocycles. The molecule has 1 N–H and O–H groups in total. The van der Waals surface area contributed by atoms with E-state index in [1.54, 1.807) is 0 Å². The minimum absolute atomic E-state index is 0.486. The van der Waals surface area contributed by atoms with Crippen molar-refractivity contribution in [2.75, 3.05) is 0 Å². The second-order valence-electron chi connectivity index (χ2n) is 12.2. The first kappa shape index (κ1) is 28.7. The predicted octanol–water partition coefficient (Wildman–Crippen LogP) is 10.6. The van der Waals surface area contributed by atoms with Crippen LogP contribution in [0, 0.1) is 0 Å². The number of nitrogens with zero attached hydrogens (tertiary/aromatic N) is 3. The maximum absolute atomic E-state index is 5.30. The van der Waals surface area contributed by atoms with Gasteiger partial charge in [-0.15, -0.1) is 0 Å². The first-order chi connectivity index (χ1) is 24.3. The SMILES string of the molecule is c1ccc(C2=NC(c3ccc(-c4ccccc4)cc3-n3c4ccccc4c4c(-c5ccccc5)cccc43)N=C(c3ccccc3)N2)cc1. The van der Waals surface area contributed by atoms with E-state index in [1.165, 1.54) is 21.9 Å². The molecule has 8 aromatic rings. The van der Waals surface area contributed by atoms with Gasteiger partial charge >= 0.3 is 0 Å². The van der Waals surface area contributed by atoms with Gasteiger partial charge in [-0.25, -0.2) is 9.98 Å². The lowest BCUT2D eigenvalue weighted by atomic mass is 9.99. The molecule has 1 aliphatic rings. The number of benzene rings is 7. The average Bonchev–Trinajstić information content (AvgIpc) is 3.53. The van der Waals surface area contributed by atoms with Gasteiger partial charge in [-0.05, 0) is 40.5 Å². The fourth-order valence-electron chi connectivity index (χ4n) is 6.98. The molecule has 0 amide bonds. The second-order valence-corrected chi connectivity index (χ2v) is 12.2. The standard InChI is InChI=1S/C45H32N4/c1-5-16-31(17-6-1)35-28-29-38(45-47-43(33-20-9-3-10-21-33)46-44(48-45)34-22-11-4-12-23-34)41(30-35)49-39-26-14-13-24-37(39)42-36(25-15-27-40(42)49)32-18-7-2-8-19-32/h1-30,45H,(H,46,47,48). The minimum atomic E-state index is -0.486. The van der Waals surface area contributed by atoms with Crippen LogP contribution < -0.4 is 5.32 Å². The lowest BCUT2D eigenvalue weighted by Gasteiger charge is -2.25. The van der Waals surface area contributed by atoms with E-state index in [4.69, 9.17) is 9.98 Å². The van der Waals surface area contributed by atoms with Crippen LogP contribution in [0.4, 0.5) is 0 Å². The van der Waals surface area contributed by atoms with Crippen LogP contribution in [-0.2, 0) is 0 Å². The van der Waals surface area contributed by atoms with Crippen LogP contribution in [0.2, 0.25) is 0 Å². The average molecular weight is 629 g/mol. The summed E-state index contributed by atoms with van der Waals surface area (Å²) in [4.78, 5) is 10.6. The van der Waals surface area contributed by atoms with E-state index < -0.39 is 6.17 Å². The zero-order valence-corrected chi connectivity index (χ0v) is 26.7. The van der Waals surface area contributed by atoms with Crippen LogP contribution in [0.15, 0.2) is 192 Å². The first-order valence-corrected chi connectivity index (χ1v) is 16.6. The Morgan fingerprint density at radius 3 is 1.59 bits per heavy atom. The predicted molar refractivity (Wildman–Crippen MR) is 203 cm³/mol. The lowest BCUT2D eigenvalue weighted by molar-refractivity contribution is 0.750. The van der Waals surface area contributed by atoms with Gasteiger partial charge in [0.25, 0.3) is 0 Å². The maximum atomic E-state index is 5.30. The van der Waals surface area contributed by atoms with Crippen molar-refractivity contribution in [1.29, 1.82) is 0 Å². The van der Waals surface area contributed by atoms with Gasteiger partial charge in [0.1, 0.15) is 11.7 Å². The molecule has 0 spiro atoms. The van der Waals surface area contributed by atoms with Crippen molar-refractivity contribution in [1.82, 2.24) is 9.88 Å². The lowest BCUT2D eigenvalue weighted by Crippen LogP contribution is -2.36. The highest BCUT2D eigenvalue weighted by atomic mass is 15.2. The molecule has 0 saturated heterocycles. The summed E-state index contributed by atoms with van der Waals surface area (Å²) < 4.78 is 2.41. The van der Waals surface area contributed by atoms with Gasteiger partial charge in [0.2, 0.25) is 0 Å². The molecule has 0 aliphatic carbocycles. The Balaban J connectivity index is 1.34. The largest absolute Gasteiger partial charge is 0.324 e. The fraction of sp³-hybridized carbons (Fsp3) is 0.0222. The Morgan fingerprint density at radius 1 is 0.429 bits per heavy atom. The van der Waals surface area contributed by atoms with E-state index in [1.807, 2.05) is 36.4 Å². The van der Waals surface area contributed by atoms with Crippen LogP contribution >= 0.6 is 0 Å². The van der Waals surface area contributed by atoms with Crippen LogP contribution in [0.3, 0.4) is 0 Å². The number of amidine groups is 2. The van der Waals surface area contributed by atoms with Crippen LogP contribution in [-0.4, -0.2) is 16.2 Å². The Morgan fingerprint density at radius 2 is 0.959 bits per heavy atom. The van der Waals surface area contributed by atoms with Gasteiger partial charge < -0.3 is 9.88 Å². The van der Waals surface area contributed by atoms with Crippen molar-refractivity contribution < 1.29 is 0 Å². The molecular formula is C45H32N4. The highest BCUT2D eigenvalue weighted by Crippen LogP contribution is 2.41. The molecule has 0 fully saturated rings. The van der Waals surface area contributed by atoms with Gasteiger partial charge in [-0.2, -0.15) is 0 Å². The van der Waals surface area contributed by atoms with Crippen molar-refractivity contribution in [3.8, 4) is 27.9 Å². The molecule has 1 aliphatic heterocycles. The summed E-state index contributed by atoms with van der Waals surface area (Å²) in [6.45, 7) is 0. The number of aliphatic imine (C=N–C) groups is 2. The summed E-state index contributed by atoms with van der Waals surface area (Å²) in [7, 11) is 0. The molecule has 9 rings (SSSR count). The van der Waals surface area contributed by atoms with E-state index in [-0.39, 0.29) is 0 Å². The summed E-state index contributed by atoms with van der Waals surface area (Å²) >= 11 is 0. The van der Waals surface area contributed by atoms with Crippen LogP contribution in [0.25, 0.3) is 49.7 Å². The number of fused-ring (bicyclic) bond motifs is 3. The Bertz CT molecular complexity index is 2440. The normalized spacial score (nSPS) is 13.2. The summed E-state index contributed by atoms with van der Waals surface area (Å²) in [5, 5.41) is 5.99. The number of para-hydroxylation sites is 1. The van der Waals surface area contributed by atoms with E-state index in [2.05, 4.69) is 155 Å². The minimum Gasteiger partial charge on any atom is -0.324 e. The molecule has 0 bridgehead atoms. The van der Waals surface area contributed by atoms with Crippen molar-refractivity contribution in [3.05, 3.63) is 199 Å². The summed E-state index contributed by atoms with van der Waals surface area (Å²) in [6.07, 6.45) is -0.486. The Labute approximate surface area is 285 Å². The Hall–Kier alpha value is -6.52. The third-order valence-electron chi connectivity index (χ3n) is 9.27. The number of rotatable bonds is 6. The van der Waals surface area contributed by atoms with Crippen molar-refractivity contribution in [3.63, 3.8) is 0 Å². The monoisotopic (exact) mass is 628 g/mol. The molecule has 4 heteroatoms. The second kappa shape index (κ2) is 12.3. The van der Waals surface area contributed by atoms with Crippen LogP contribution in [0.5, 0.6) is 0 Å². The zero-order chi connectivity index (χ0) is 32.6. The molecule has 232 valence electrons. The van der Waals surface area contributed by atoms with Gasteiger partial charge in [-0.1, -0.05) is 164 Å². The van der Waals surface area contributed by atoms with Crippen molar-refractivity contribution in [2.24, 2.45) is 9.98 Å². The van der Waals surface area contributed by atoms with Crippen LogP contribution in [0.1, 0.15) is 22.9 Å². The van der Waals surface area contributed by atoms with Gasteiger partial charge in [0.05, 0.1) is 16.7 Å². The molecule has 49 heavy (non-hydrogen) atoms. The molecule has 7 aromatic carbocycles. The highest BCUT2D eigenvalue weighted by Gasteiger charge is 2.25. The molecule has 2 heterocycles. The van der Waals surface area contributed by atoms with Gasteiger partial charge in [-0.3, -0.25) is 0 Å². The van der Waals surface area contributed by atoms with Crippen molar-refractivity contribution >= 4 is 33.5 Å². The van der Waals surface area contributed by atoms with E-state index in [9.17, 15) is 0 Å².